The molecule has 0 unspecified atom stereocenters. The van der Waals surface area contributed by atoms with Crippen molar-refractivity contribution in [3.05, 3.63) is 40.8 Å². The van der Waals surface area contributed by atoms with Gasteiger partial charge in [0.15, 0.2) is 9.84 Å². The predicted octanol–water partition coefficient (Wildman–Crippen LogP) is 2.51. The average molecular weight is 333 g/mol. The van der Waals surface area contributed by atoms with Crippen molar-refractivity contribution in [2.24, 2.45) is 0 Å². The van der Waals surface area contributed by atoms with E-state index in [1.807, 2.05) is 0 Å². The topological polar surface area (TPSA) is 54.5 Å². The number of amides is 1. The highest BCUT2D eigenvalue weighted by molar-refractivity contribution is 7.94. The van der Waals surface area contributed by atoms with Crippen molar-refractivity contribution in [2.75, 3.05) is 10.7 Å². The van der Waals surface area contributed by atoms with Crippen molar-refractivity contribution in [3.8, 4) is 0 Å². The van der Waals surface area contributed by atoms with Crippen molar-refractivity contribution in [2.45, 2.75) is 26.1 Å². The van der Waals surface area contributed by atoms with Gasteiger partial charge in [-0.15, -0.1) is 0 Å². The molecule has 0 aliphatic carbocycles. The molecule has 0 fully saturated rings. The van der Waals surface area contributed by atoms with Gasteiger partial charge in [-0.05, 0) is 43.2 Å². The van der Waals surface area contributed by atoms with Crippen LogP contribution in [0.2, 0.25) is 0 Å². The first-order valence-corrected chi connectivity index (χ1v) is 8.11. The molecule has 120 valence electrons. The molecule has 0 N–H and O–H groups in total. The number of anilines is 1. The maximum atomic E-state index is 12.8. The lowest BCUT2D eigenvalue weighted by atomic mass is 10.1. The van der Waals surface area contributed by atoms with E-state index in [0.29, 0.717) is 10.5 Å². The molecule has 1 atom stereocenters. The van der Waals surface area contributed by atoms with Gasteiger partial charge in [-0.1, -0.05) is 6.07 Å². The summed E-state index contributed by atoms with van der Waals surface area (Å²) in [4.78, 5) is 12.2. The fourth-order valence-corrected chi connectivity index (χ4v) is 3.46. The first-order chi connectivity index (χ1) is 10.0. The Kier molecular flexibility index (Phi) is 4.08. The molecule has 22 heavy (non-hydrogen) atoms. The summed E-state index contributed by atoms with van der Waals surface area (Å²) in [6, 6.07) is 3.25. The molecule has 0 radical (unpaired) electrons. The summed E-state index contributed by atoms with van der Waals surface area (Å²) in [5.74, 6) is -2.63. The molecule has 4 nitrogen and oxygen atoms in total. The first kappa shape index (κ1) is 16.5. The summed E-state index contributed by atoms with van der Waals surface area (Å²) in [7, 11) is -3.59. The van der Waals surface area contributed by atoms with Gasteiger partial charge in [-0.3, -0.25) is 9.69 Å². The first-order valence-electron chi connectivity index (χ1n) is 6.40. The number of rotatable bonds is 2. The molecule has 1 aromatic rings. The third-order valence-electron chi connectivity index (χ3n) is 3.47. The minimum atomic E-state index is -5.08. The Labute approximate surface area is 126 Å². The zero-order valence-corrected chi connectivity index (χ0v) is 12.7. The Morgan fingerprint density at radius 3 is 2.32 bits per heavy atom. The lowest BCUT2D eigenvalue weighted by Gasteiger charge is -2.28. The molecule has 0 aromatic heterocycles. The average Bonchev–Trinajstić information content (AvgIpc) is 2.73. The number of hydrogen-bond acceptors (Lipinski definition) is 3. The van der Waals surface area contributed by atoms with Crippen molar-refractivity contribution < 1.29 is 26.4 Å². The lowest BCUT2D eigenvalue weighted by Crippen LogP contribution is -2.48. The summed E-state index contributed by atoms with van der Waals surface area (Å²) in [6.07, 6.45) is -3.98. The van der Waals surface area contributed by atoms with E-state index in [1.54, 1.807) is 19.9 Å². The molecule has 0 spiro atoms. The van der Waals surface area contributed by atoms with Gasteiger partial charge in [0.1, 0.15) is 0 Å². The van der Waals surface area contributed by atoms with Crippen molar-refractivity contribution >= 4 is 21.4 Å². The number of benzene rings is 1. The van der Waals surface area contributed by atoms with E-state index in [0.717, 1.165) is 17.0 Å². The van der Waals surface area contributed by atoms with Crippen LogP contribution in [-0.2, 0) is 14.6 Å². The number of halogens is 3. The highest BCUT2D eigenvalue weighted by Gasteiger charge is 2.46. The highest BCUT2D eigenvalue weighted by atomic mass is 32.2. The molecule has 8 heteroatoms. The fraction of sp³-hybridized carbons (Fsp3) is 0.357. The van der Waals surface area contributed by atoms with E-state index in [9.17, 15) is 26.4 Å². The van der Waals surface area contributed by atoms with Gasteiger partial charge in [-0.2, -0.15) is 13.2 Å². The second-order valence-electron chi connectivity index (χ2n) is 5.17. The Balaban J connectivity index is 2.49. The number of alkyl halides is 3. The van der Waals surface area contributed by atoms with Crippen molar-refractivity contribution in [3.63, 3.8) is 0 Å². The van der Waals surface area contributed by atoms with Crippen LogP contribution >= 0.6 is 0 Å². The number of nitrogens with zero attached hydrogens (tertiary/aromatic N) is 1. The van der Waals surface area contributed by atoms with Crippen LogP contribution in [0.25, 0.3) is 0 Å². The molecule has 2 rings (SSSR count). The van der Waals surface area contributed by atoms with Crippen LogP contribution in [0.1, 0.15) is 11.1 Å². The zero-order valence-electron chi connectivity index (χ0n) is 11.9. The second-order valence-corrected chi connectivity index (χ2v) is 7.10. The molecule has 0 bridgehead atoms. The molecule has 1 aliphatic rings. The maximum absolute atomic E-state index is 12.8. The SMILES string of the molecule is Cc1ccc(N(C(=O)C(F)(F)F)[C@H]2C=CS(=O)(=O)C2)cc1C. The molecule has 1 heterocycles. The Morgan fingerprint density at radius 2 is 1.86 bits per heavy atom. The van der Waals surface area contributed by atoms with E-state index in [1.165, 1.54) is 12.1 Å². The summed E-state index contributed by atoms with van der Waals surface area (Å²) >= 11 is 0. The molecule has 1 aliphatic heterocycles. The number of aryl methyl sites for hydroxylation is 2. The summed E-state index contributed by atoms with van der Waals surface area (Å²) < 4.78 is 61.5. The van der Waals surface area contributed by atoms with E-state index in [4.69, 9.17) is 0 Å². The Morgan fingerprint density at radius 1 is 1.23 bits per heavy atom. The van der Waals surface area contributed by atoms with Crippen LogP contribution in [0.4, 0.5) is 18.9 Å². The van der Waals surface area contributed by atoms with E-state index < -0.39 is 33.7 Å². The third-order valence-corrected chi connectivity index (χ3v) is 4.85. The van der Waals surface area contributed by atoms with Crippen LogP contribution in [0.15, 0.2) is 29.7 Å². The Hall–Kier alpha value is -1.83. The van der Waals surface area contributed by atoms with Crippen LogP contribution < -0.4 is 4.90 Å². The molecule has 0 saturated carbocycles. The van der Waals surface area contributed by atoms with E-state index in [-0.39, 0.29) is 5.69 Å². The van der Waals surface area contributed by atoms with Crippen LogP contribution in [0, 0.1) is 13.8 Å². The zero-order chi connectivity index (χ0) is 16.7. The monoisotopic (exact) mass is 333 g/mol. The number of sulfone groups is 1. The van der Waals surface area contributed by atoms with Gasteiger partial charge >= 0.3 is 12.1 Å². The van der Waals surface area contributed by atoms with E-state index in [2.05, 4.69) is 0 Å². The third kappa shape index (κ3) is 3.32. The standard InChI is InChI=1S/C14H14F3NO3S/c1-9-3-4-11(7-10(9)2)18(13(19)14(15,16)17)12-5-6-22(20,21)8-12/h3-7,12H,8H2,1-2H3/t12-/m0/s1. The summed E-state index contributed by atoms with van der Waals surface area (Å²) in [6.45, 7) is 3.49. The molecule has 1 amide bonds. The smallest absolute Gasteiger partial charge is 0.297 e. The second kappa shape index (κ2) is 5.42. The number of carbonyl (C=O) groups is 1. The van der Waals surface area contributed by atoms with Gasteiger partial charge in [0.2, 0.25) is 0 Å². The van der Waals surface area contributed by atoms with Crippen LogP contribution in [0.5, 0.6) is 0 Å². The molecule has 1 aromatic carbocycles. The van der Waals surface area contributed by atoms with Gasteiger partial charge in [-0.25, -0.2) is 8.42 Å². The maximum Gasteiger partial charge on any atom is 0.471 e. The van der Waals surface area contributed by atoms with Crippen molar-refractivity contribution in [1.82, 2.24) is 0 Å². The van der Waals surface area contributed by atoms with Gasteiger partial charge in [0.25, 0.3) is 0 Å². The predicted molar refractivity (Wildman–Crippen MR) is 76.2 cm³/mol. The van der Waals surface area contributed by atoms with Crippen LogP contribution in [0.3, 0.4) is 0 Å². The van der Waals surface area contributed by atoms with Gasteiger partial charge in [0, 0.05) is 11.1 Å². The molecular formula is C14H14F3NO3S. The largest absolute Gasteiger partial charge is 0.471 e. The van der Waals surface area contributed by atoms with Crippen LogP contribution in [-0.4, -0.2) is 32.3 Å². The molecular weight excluding hydrogens is 319 g/mol. The lowest BCUT2D eigenvalue weighted by molar-refractivity contribution is -0.170. The highest BCUT2D eigenvalue weighted by Crippen LogP contribution is 2.29. The number of hydrogen-bond donors (Lipinski definition) is 0. The van der Waals surface area contributed by atoms with Crippen molar-refractivity contribution in [1.29, 1.82) is 0 Å². The fourth-order valence-electron chi connectivity index (χ4n) is 2.19. The minimum absolute atomic E-state index is 0.0252. The quantitative estimate of drug-likeness (QED) is 0.836. The summed E-state index contributed by atoms with van der Waals surface area (Å²) in [5.41, 5.74) is 1.59. The van der Waals surface area contributed by atoms with Gasteiger partial charge < -0.3 is 0 Å². The Bertz CT molecular complexity index is 738. The normalized spacial score (nSPS) is 20.1. The summed E-state index contributed by atoms with van der Waals surface area (Å²) in [5, 5.41) is 0.843. The number of carbonyl (C=O) groups excluding carboxylic acids is 1. The minimum Gasteiger partial charge on any atom is -0.297 e. The molecule has 0 saturated heterocycles. The van der Waals surface area contributed by atoms with Gasteiger partial charge in [0.05, 0.1) is 11.8 Å². The van der Waals surface area contributed by atoms with E-state index >= 15 is 0 Å².